The summed E-state index contributed by atoms with van der Waals surface area (Å²) in [6.07, 6.45) is 7.69. The zero-order valence-electron chi connectivity index (χ0n) is 11.1. The Morgan fingerprint density at radius 3 is 2.67 bits per heavy atom. The van der Waals surface area contributed by atoms with Crippen molar-refractivity contribution in [2.45, 2.75) is 38.5 Å². The van der Waals surface area contributed by atoms with E-state index in [1.807, 2.05) is 0 Å². The minimum Gasteiger partial charge on any atom is -0.493 e. The van der Waals surface area contributed by atoms with E-state index >= 15 is 0 Å². The molecule has 2 aliphatic rings. The van der Waals surface area contributed by atoms with Crippen molar-refractivity contribution in [1.29, 1.82) is 0 Å². The Balaban J connectivity index is 1.58. The van der Waals surface area contributed by atoms with Gasteiger partial charge in [0.05, 0.1) is 6.61 Å². The molecule has 98 valence electrons. The van der Waals surface area contributed by atoms with Gasteiger partial charge in [-0.25, -0.2) is 0 Å². The van der Waals surface area contributed by atoms with Crippen LogP contribution in [0.3, 0.4) is 0 Å². The molecular formula is C16H23NO. The third kappa shape index (κ3) is 2.86. The highest BCUT2D eigenvalue weighted by Gasteiger charge is 2.14. The van der Waals surface area contributed by atoms with Gasteiger partial charge in [-0.15, -0.1) is 0 Å². The van der Waals surface area contributed by atoms with E-state index < -0.39 is 0 Å². The van der Waals surface area contributed by atoms with Gasteiger partial charge in [0.1, 0.15) is 5.75 Å². The second-order valence-corrected chi connectivity index (χ2v) is 5.64. The van der Waals surface area contributed by atoms with Crippen LogP contribution in [0.1, 0.15) is 36.8 Å². The number of nitrogens with one attached hydrogen (secondary N) is 1. The highest BCUT2D eigenvalue weighted by Crippen LogP contribution is 2.26. The molecule has 18 heavy (non-hydrogen) atoms. The third-order valence-electron chi connectivity index (χ3n) is 4.26. The molecule has 1 aliphatic carbocycles. The maximum atomic E-state index is 5.98. The summed E-state index contributed by atoms with van der Waals surface area (Å²) in [4.78, 5) is 0. The molecular weight excluding hydrogens is 222 g/mol. The zero-order chi connectivity index (χ0) is 12.2. The number of fused-ring (bicyclic) bond motifs is 1. The van der Waals surface area contributed by atoms with E-state index in [4.69, 9.17) is 4.74 Å². The average molecular weight is 245 g/mol. The Morgan fingerprint density at radius 2 is 1.83 bits per heavy atom. The number of hydrogen-bond acceptors (Lipinski definition) is 2. The Bertz CT molecular complexity index is 396. The van der Waals surface area contributed by atoms with Crippen molar-refractivity contribution in [2.75, 3.05) is 19.7 Å². The van der Waals surface area contributed by atoms with Crippen LogP contribution in [0.25, 0.3) is 0 Å². The van der Waals surface area contributed by atoms with Crippen LogP contribution in [0.4, 0.5) is 0 Å². The molecule has 1 aliphatic heterocycles. The number of hydrogen-bond donors (Lipinski definition) is 1. The largest absolute Gasteiger partial charge is 0.493 e. The summed E-state index contributed by atoms with van der Waals surface area (Å²) in [5.41, 5.74) is 3.06. The normalized spacial score (nSPS) is 20.4. The molecule has 2 nitrogen and oxygen atoms in total. The molecule has 1 heterocycles. The van der Waals surface area contributed by atoms with Gasteiger partial charge in [0.2, 0.25) is 0 Å². The highest BCUT2D eigenvalue weighted by molar-refractivity contribution is 5.37. The summed E-state index contributed by atoms with van der Waals surface area (Å²) >= 11 is 0. The van der Waals surface area contributed by atoms with E-state index in [0.29, 0.717) is 0 Å². The first-order chi connectivity index (χ1) is 8.92. The molecule has 1 aromatic rings. The fraction of sp³-hybridized carbons (Fsp3) is 0.625. The summed E-state index contributed by atoms with van der Waals surface area (Å²) in [7, 11) is 0. The van der Waals surface area contributed by atoms with Gasteiger partial charge in [-0.3, -0.25) is 0 Å². The predicted molar refractivity (Wildman–Crippen MR) is 74.2 cm³/mol. The molecule has 0 atom stereocenters. The first-order valence-electron chi connectivity index (χ1n) is 7.37. The maximum absolute atomic E-state index is 5.98. The van der Waals surface area contributed by atoms with Crippen molar-refractivity contribution in [2.24, 2.45) is 5.92 Å². The van der Waals surface area contributed by atoms with E-state index in [0.717, 1.165) is 31.4 Å². The third-order valence-corrected chi connectivity index (χ3v) is 4.26. The van der Waals surface area contributed by atoms with Crippen LogP contribution in [0.2, 0.25) is 0 Å². The Labute approximate surface area is 110 Å². The van der Waals surface area contributed by atoms with Crippen LogP contribution in [-0.2, 0) is 12.8 Å². The highest BCUT2D eigenvalue weighted by atomic mass is 16.5. The maximum Gasteiger partial charge on any atom is 0.119 e. The number of aryl methyl sites for hydroxylation is 2. The molecule has 3 rings (SSSR count). The van der Waals surface area contributed by atoms with E-state index in [2.05, 4.69) is 23.5 Å². The fourth-order valence-electron chi connectivity index (χ4n) is 3.06. The van der Waals surface area contributed by atoms with Gasteiger partial charge in [0.25, 0.3) is 0 Å². The molecule has 0 amide bonds. The fourth-order valence-corrected chi connectivity index (χ4v) is 3.06. The Kier molecular flexibility index (Phi) is 3.84. The molecule has 0 spiro atoms. The Hall–Kier alpha value is -1.02. The summed E-state index contributed by atoms with van der Waals surface area (Å²) in [5, 5.41) is 3.40. The lowest BCUT2D eigenvalue weighted by Crippen LogP contribution is -2.30. The quantitative estimate of drug-likeness (QED) is 0.884. The SMILES string of the molecule is c1cc2c(cc1OCC1CCNCC1)CCCC2. The van der Waals surface area contributed by atoms with E-state index in [1.54, 1.807) is 0 Å². The van der Waals surface area contributed by atoms with Crippen molar-refractivity contribution in [1.82, 2.24) is 5.32 Å². The van der Waals surface area contributed by atoms with Crippen molar-refractivity contribution >= 4 is 0 Å². The number of ether oxygens (including phenoxy) is 1. The minimum atomic E-state index is 0.738. The predicted octanol–water partition coefficient (Wildman–Crippen LogP) is 2.94. The second-order valence-electron chi connectivity index (χ2n) is 5.64. The molecule has 0 unspecified atom stereocenters. The van der Waals surface area contributed by atoms with Crippen LogP contribution in [0.5, 0.6) is 5.75 Å². The Morgan fingerprint density at radius 1 is 1.06 bits per heavy atom. The molecule has 1 N–H and O–H groups in total. The minimum absolute atomic E-state index is 0.738. The molecule has 1 fully saturated rings. The van der Waals surface area contributed by atoms with E-state index in [9.17, 15) is 0 Å². The monoisotopic (exact) mass is 245 g/mol. The van der Waals surface area contributed by atoms with Crippen molar-refractivity contribution < 1.29 is 4.74 Å². The van der Waals surface area contributed by atoms with Crippen molar-refractivity contribution in [3.63, 3.8) is 0 Å². The van der Waals surface area contributed by atoms with E-state index in [1.165, 1.54) is 49.7 Å². The van der Waals surface area contributed by atoms with Crippen LogP contribution in [0.15, 0.2) is 18.2 Å². The summed E-state index contributed by atoms with van der Waals surface area (Å²) in [5.74, 6) is 1.82. The number of piperidine rings is 1. The van der Waals surface area contributed by atoms with Crippen molar-refractivity contribution in [3.8, 4) is 5.75 Å². The van der Waals surface area contributed by atoms with Crippen LogP contribution in [0, 0.1) is 5.92 Å². The lowest BCUT2D eigenvalue weighted by Gasteiger charge is -2.23. The number of rotatable bonds is 3. The van der Waals surface area contributed by atoms with Gasteiger partial charge < -0.3 is 10.1 Å². The van der Waals surface area contributed by atoms with Crippen LogP contribution < -0.4 is 10.1 Å². The van der Waals surface area contributed by atoms with Gasteiger partial charge in [-0.05, 0) is 80.8 Å². The molecule has 0 radical (unpaired) electrons. The number of benzene rings is 1. The molecule has 0 saturated carbocycles. The molecule has 2 heteroatoms. The van der Waals surface area contributed by atoms with Gasteiger partial charge in [0.15, 0.2) is 0 Å². The lowest BCUT2D eigenvalue weighted by molar-refractivity contribution is 0.215. The lowest BCUT2D eigenvalue weighted by atomic mass is 9.92. The van der Waals surface area contributed by atoms with E-state index in [-0.39, 0.29) is 0 Å². The standard InChI is InChI=1S/C16H23NO/c1-2-4-15-11-16(6-5-14(15)3-1)18-12-13-7-9-17-10-8-13/h5-6,11,13,17H,1-4,7-10,12H2. The van der Waals surface area contributed by atoms with Crippen LogP contribution in [-0.4, -0.2) is 19.7 Å². The van der Waals surface area contributed by atoms with Crippen molar-refractivity contribution in [3.05, 3.63) is 29.3 Å². The first kappa shape index (κ1) is 12.0. The second kappa shape index (κ2) is 5.75. The smallest absolute Gasteiger partial charge is 0.119 e. The summed E-state index contributed by atoms with van der Waals surface area (Å²) in [6, 6.07) is 6.70. The first-order valence-corrected chi connectivity index (χ1v) is 7.37. The summed E-state index contributed by atoms with van der Waals surface area (Å²) < 4.78 is 5.98. The van der Waals surface area contributed by atoms with Gasteiger partial charge in [0, 0.05) is 0 Å². The van der Waals surface area contributed by atoms with Gasteiger partial charge in [-0.1, -0.05) is 6.07 Å². The molecule has 1 aromatic carbocycles. The molecule has 0 aromatic heterocycles. The van der Waals surface area contributed by atoms with Crippen LogP contribution >= 0.6 is 0 Å². The van der Waals surface area contributed by atoms with Gasteiger partial charge >= 0.3 is 0 Å². The van der Waals surface area contributed by atoms with Gasteiger partial charge in [-0.2, -0.15) is 0 Å². The zero-order valence-corrected chi connectivity index (χ0v) is 11.1. The topological polar surface area (TPSA) is 21.3 Å². The molecule has 0 bridgehead atoms. The average Bonchev–Trinajstić information content (AvgIpc) is 2.46. The summed E-state index contributed by atoms with van der Waals surface area (Å²) in [6.45, 7) is 3.19. The molecule has 1 saturated heterocycles.